The maximum absolute atomic E-state index is 14.6. The number of hydrogen-bond donors (Lipinski definition) is 2. The SMILES string of the molecule is COCC(C)(C)n1cc(C(=O)NCC#Cc2nn3c(N[C@@H]4CCN(C)C[C@@H]4F)cccc3c2CC(F)(F)F)cn1. The minimum absolute atomic E-state index is 0.0601. The molecule has 2 atom stereocenters. The van der Waals surface area contributed by atoms with Gasteiger partial charge < -0.3 is 20.3 Å². The first-order valence-corrected chi connectivity index (χ1v) is 12.9. The maximum atomic E-state index is 14.6. The fourth-order valence-corrected chi connectivity index (χ4v) is 4.66. The number of anilines is 1. The van der Waals surface area contributed by atoms with Crippen LogP contribution in [0.25, 0.3) is 5.52 Å². The van der Waals surface area contributed by atoms with Crippen molar-refractivity contribution < 1.29 is 27.1 Å². The molecule has 1 fully saturated rings. The standard InChI is InChI=1S/C27H33F4N7O2/c1-26(2,17-40-4)37-15-18(14-33-37)25(39)32-11-6-7-21-19(13-27(29,30)31)23-8-5-9-24(38(23)35-21)34-22-10-12-36(3)16-20(22)28/h5,8-9,14-15,20,22,34H,10-13,16-17H2,1-4H3,(H,32,39)/t20-,22+/m0/s1. The molecule has 2 N–H and O–H groups in total. The molecule has 0 bridgehead atoms. The number of nitrogens with zero attached hydrogens (tertiary/aromatic N) is 5. The largest absolute Gasteiger partial charge is 0.393 e. The van der Waals surface area contributed by atoms with Gasteiger partial charge in [0.1, 0.15) is 17.7 Å². The van der Waals surface area contributed by atoms with Crippen molar-refractivity contribution in [3.8, 4) is 11.8 Å². The summed E-state index contributed by atoms with van der Waals surface area (Å²) in [6, 6.07) is 4.28. The second kappa shape index (κ2) is 11.9. The van der Waals surface area contributed by atoms with Gasteiger partial charge >= 0.3 is 6.18 Å². The number of hydrogen-bond acceptors (Lipinski definition) is 6. The number of piperidine rings is 1. The summed E-state index contributed by atoms with van der Waals surface area (Å²) in [6.45, 7) is 5.06. The van der Waals surface area contributed by atoms with Gasteiger partial charge in [-0.15, -0.1) is 0 Å². The number of carbonyl (C=O) groups is 1. The number of methoxy groups -OCH3 is 1. The number of fused-ring (bicyclic) bond motifs is 1. The van der Waals surface area contributed by atoms with E-state index in [-0.39, 0.29) is 29.9 Å². The summed E-state index contributed by atoms with van der Waals surface area (Å²) in [5.41, 5.74) is -0.0682. The molecule has 216 valence electrons. The molecule has 1 saturated heterocycles. The zero-order valence-corrected chi connectivity index (χ0v) is 22.8. The molecule has 0 aromatic carbocycles. The summed E-state index contributed by atoms with van der Waals surface area (Å²) >= 11 is 0. The summed E-state index contributed by atoms with van der Waals surface area (Å²) in [5.74, 6) is 5.34. The normalized spacial score (nSPS) is 18.4. The highest BCUT2D eigenvalue weighted by molar-refractivity contribution is 5.93. The first-order valence-electron chi connectivity index (χ1n) is 12.9. The van der Waals surface area contributed by atoms with Crippen LogP contribution in [-0.2, 0) is 16.7 Å². The van der Waals surface area contributed by atoms with Gasteiger partial charge in [-0.25, -0.2) is 8.91 Å². The van der Waals surface area contributed by atoms with E-state index in [0.717, 1.165) is 0 Å². The van der Waals surface area contributed by atoms with E-state index in [2.05, 4.69) is 32.7 Å². The Kier molecular flexibility index (Phi) is 8.70. The van der Waals surface area contributed by atoms with E-state index in [1.807, 2.05) is 25.8 Å². The van der Waals surface area contributed by atoms with E-state index in [4.69, 9.17) is 4.74 Å². The van der Waals surface area contributed by atoms with Crippen LogP contribution in [0.1, 0.15) is 41.9 Å². The fourth-order valence-electron chi connectivity index (χ4n) is 4.66. The first kappa shape index (κ1) is 29.4. The lowest BCUT2D eigenvalue weighted by molar-refractivity contribution is -0.127. The first-order chi connectivity index (χ1) is 18.9. The monoisotopic (exact) mass is 563 g/mol. The van der Waals surface area contributed by atoms with E-state index in [1.165, 1.54) is 16.8 Å². The highest BCUT2D eigenvalue weighted by Gasteiger charge is 2.32. The molecular weight excluding hydrogens is 530 g/mol. The zero-order valence-electron chi connectivity index (χ0n) is 22.8. The number of rotatable bonds is 8. The smallest absolute Gasteiger partial charge is 0.382 e. The Balaban J connectivity index is 1.53. The lowest BCUT2D eigenvalue weighted by Gasteiger charge is -2.33. The number of aromatic nitrogens is 4. The van der Waals surface area contributed by atoms with Crippen molar-refractivity contribution in [1.82, 2.24) is 29.6 Å². The number of likely N-dealkylation sites (tertiary alicyclic amines) is 1. The third kappa shape index (κ3) is 6.92. The second-order valence-electron chi connectivity index (χ2n) is 10.5. The molecule has 13 heteroatoms. The van der Waals surface area contributed by atoms with Crippen molar-refractivity contribution in [2.45, 2.75) is 50.6 Å². The molecule has 0 saturated carbocycles. The third-order valence-corrected chi connectivity index (χ3v) is 6.72. The molecule has 0 aliphatic carbocycles. The Morgan fingerprint density at radius 1 is 1.27 bits per heavy atom. The van der Waals surface area contributed by atoms with Crippen LogP contribution in [0.2, 0.25) is 0 Å². The molecule has 0 radical (unpaired) electrons. The Labute approximate surface area is 229 Å². The van der Waals surface area contributed by atoms with E-state index < -0.39 is 36.3 Å². The third-order valence-electron chi connectivity index (χ3n) is 6.72. The Hall–Kier alpha value is -3.63. The molecule has 3 aromatic heterocycles. The number of ether oxygens (including phenoxy) is 1. The predicted octanol–water partition coefficient (Wildman–Crippen LogP) is 3.25. The number of amides is 1. The van der Waals surface area contributed by atoms with Crippen LogP contribution in [0.5, 0.6) is 0 Å². The molecule has 9 nitrogen and oxygen atoms in total. The number of pyridine rings is 1. The van der Waals surface area contributed by atoms with Gasteiger partial charge in [0.2, 0.25) is 0 Å². The average Bonchev–Trinajstić information content (AvgIpc) is 3.50. The molecule has 4 heterocycles. The average molecular weight is 564 g/mol. The van der Waals surface area contributed by atoms with Gasteiger partial charge in [-0.05, 0) is 45.4 Å². The summed E-state index contributed by atoms with van der Waals surface area (Å²) in [5, 5.41) is 14.3. The lowest BCUT2D eigenvalue weighted by Crippen LogP contribution is -2.46. The molecule has 4 rings (SSSR count). The fraction of sp³-hybridized carbons (Fsp3) is 0.519. The van der Waals surface area contributed by atoms with Crippen molar-refractivity contribution in [2.75, 3.05) is 45.7 Å². The highest BCUT2D eigenvalue weighted by Crippen LogP contribution is 2.28. The number of nitrogens with one attached hydrogen (secondary N) is 2. The molecule has 0 spiro atoms. The molecule has 3 aromatic rings. The van der Waals surface area contributed by atoms with Gasteiger partial charge in [-0.2, -0.15) is 23.4 Å². The number of carbonyl (C=O) groups excluding carboxylic acids is 1. The topological polar surface area (TPSA) is 88.7 Å². The van der Waals surface area contributed by atoms with E-state index in [1.54, 1.807) is 30.1 Å². The van der Waals surface area contributed by atoms with Gasteiger partial charge in [0.25, 0.3) is 5.91 Å². The van der Waals surface area contributed by atoms with Crippen LogP contribution >= 0.6 is 0 Å². The van der Waals surface area contributed by atoms with Gasteiger partial charge in [-0.1, -0.05) is 12.0 Å². The quantitative estimate of drug-likeness (QED) is 0.323. The molecule has 40 heavy (non-hydrogen) atoms. The number of alkyl halides is 4. The van der Waals surface area contributed by atoms with Crippen LogP contribution in [0, 0.1) is 11.8 Å². The van der Waals surface area contributed by atoms with Crippen molar-refractivity contribution in [3.63, 3.8) is 0 Å². The van der Waals surface area contributed by atoms with Crippen LogP contribution < -0.4 is 10.6 Å². The molecule has 1 aliphatic heterocycles. The van der Waals surface area contributed by atoms with E-state index in [0.29, 0.717) is 31.0 Å². The Morgan fingerprint density at radius 3 is 2.75 bits per heavy atom. The lowest BCUT2D eigenvalue weighted by atomic mass is 10.0. The summed E-state index contributed by atoms with van der Waals surface area (Å²) in [7, 11) is 3.41. The van der Waals surface area contributed by atoms with Crippen molar-refractivity contribution in [1.29, 1.82) is 0 Å². The number of halogens is 4. The summed E-state index contributed by atoms with van der Waals surface area (Å²) < 4.78 is 63.2. The van der Waals surface area contributed by atoms with Gasteiger partial charge in [0.05, 0.1) is 48.4 Å². The van der Waals surface area contributed by atoms with Crippen LogP contribution in [0.4, 0.5) is 23.4 Å². The zero-order chi connectivity index (χ0) is 29.1. The van der Waals surface area contributed by atoms with Crippen LogP contribution in [-0.4, -0.2) is 89.0 Å². The molecule has 1 amide bonds. The highest BCUT2D eigenvalue weighted by atomic mass is 19.4. The Morgan fingerprint density at radius 2 is 2.05 bits per heavy atom. The maximum Gasteiger partial charge on any atom is 0.393 e. The minimum atomic E-state index is -4.49. The Bertz CT molecular complexity index is 1400. The van der Waals surface area contributed by atoms with Crippen LogP contribution in [0.3, 0.4) is 0 Å². The molecule has 1 aliphatic rings. The van der Waals surface area contributed by atoms with Crippen molar-refractivity contribution >= 4 is 17.2 Å². The second-order valence-corrected chi connectivity index (χ2v) is 10.5. The van der Waals surface area contributed by atoms with Crippen LogP contribution in [0.15, 0.2) is 30.6 Å². The molecular formula is C27H33F4N7O2. The minimum Gasteiger partial charge on any atom is -0.382 e. The van der Waals surface area contributed by atoms with Gasteiger partial charge in [0, 0.05) is 32.0 Å². The van der Waals surface area contributed by atoms with Crippen molar-refractivity contribution in [3.05, 3.63) is 47.4 Å². The van der Waals surface area contributed by atoms with Gasteiger partial charge in [-0.3, -0.25) is 9.48 Å². The van der Waals surface area contributed by atoms with Gasteiger partial charge in [0.15, 0.2) is 0 Å². The van der Waals surface area contributed by atoms with E-state index in [9.17, 15) is 22.4 Å². The van der Waals surface area contributed by atoms with Crippen molar-refractivity contribution in [2.24, 2.45) is 0 Å². The van der Waals surface area contributed by atoms with E-state index >= 15 is 0 Å². The predicted molar refractivity (Wildman–Crippen MR) is 142 cm³/mol. The summed E-state index contributed by atoms with van der Waals surface area (Å²) in [6.07, 6.45) is -3.31. The molecule has 0 unspecified atom stereocenters. The summed E-state index contributed by atoms with van der Waals surface area (Å²) in [4.78, 5) is 14.4.